The number of benzene rings is 1. The van der Waals surface area contributed by atoms with Crippen LogP contribution in [-0.4, -0.2) is 36.6 Å². The molecule has 0 bridgehead atoms. The number of nitrogens with one attached hydrogen (secondary N) is 1. The molecule has 8 heteroatoms. The molecule has 0 aliphatic heterocycles. The summed E-state index contributed by atoms with van der Waals surface area (Å²) in [4.78, 5) is 12.9. The van der Waals surface area contributed by atoms with Crippen LogP contribution >= 0.6 is 11.6 Å². The summed E-state index contributed by atoms with van der Waals surface area (Å²) >= 11 is 5.88. The zero-order valence-electron chi connectivity index (χ0n) is 11.5. The highest BCUT2D eigenvalue weighted by Gasteiger charge is 2.31. The Bertz CT molecular complexity index is 494. The molecule has 0 radical (unpaired) electrons. The van der Waals surface area contributed by atoms with Gasteiger partial charge in [0, 0.05) is 5.69 Å². The first-order chi connectivity index (χ1) is 9.71. The molecular formula is C13H17ClF3N3O. The second-order valence-electron chi connectivity index (χ2n) is 4.61. The smallest absolute Gasteiger partial charge is 0.399 e. The lowest BCUT2D eigenvalue weighted by atomic mass is 10.2. The van der Waals surface area contributed by atoms with Gasteiger partial charge in [0.15, 0.2) is 0 Å². The van der Waals surface area contributed by atoms with Crippen LogP contribution in [0.2, 0.25) is 5.02 Å². The van der Waals surface area contributed by atoms with Gasteiger partial charge in [0.1, 0.15) is 0 Å². The van der Waals surface area contributed by atoms with E-state index < -0.39 is 18.6 Å². The zero-order chi connectivity index (χ0) is 16.0. The van der Waals surface area contributed by atoms with Crippen molar-refractivity contribution in [3.05, 3.63) is 23.2 Å². The number of anilines is 2. The summed E-state index contributed by atoms with van der Waals surface area (Å²) in [6.45, 7) is 0.436. The lowest BCUT2D eigenvalue weighted by molar-refractivity contribution is -0.147. The molecule has 0 atom stereocenters. The Morgan fingerprint density at radius 2 is 2.10 bits per heavy atom. The van der Waals surface area contributed by atoms with Crippen LogP contribution in [0.4, 0.5) is 24.5 Å². The summed E-state index contributed by atoms with van der Waals surface area (Å²) in [5, 5.41) is 2.74. The third-order valence-electron chi connectivity index (χ3n) is 2.57. The van der Waals surface area contributed by atoms with Crippen molar-refractivity contribution in [2.24, 2.45) is 0 Å². The fraction of sp³-hybridized carbons (Fsp3) is 0.462. The van der Waals surface area contributed by atoms with Crippen LogP contribution in [0, 0.1) is 0 Å². The van der Waals surface area contributed by atoms with Gasteiger partial charge in [-0.2, -0.15) is 13.2 Å². The molecule has 0 heterocycles. The number of halogens is 4. The standard InChI is InChI=1S/C13H17ClF3N3O/c1-2-5-20(8-13(15,16)17)7-12(21)19-11-6-9(18)3-4-10(11)14/h3-4,6H,2,5,7-8,18H2,1H3,(H,19,21). The molecule has 0 unspecified atom stereocenters. The number of hydrogen-bond acceptors (Lipinski definition) is 3. The number of hydrogen-bond donors (Lipinski definition) is 2. The molecule has 0 saturated carbocycles. The normalized spacial score (nSPS) is 11.7. The highest BCUT2D eigenvalue weighted by Crippen LogP contribution is 2.24. The molecule has 0 aromatic heterocycles. The minimum atomic E-state index is -4.34. The van der Waals surface area contributed by atoms with Gasteiger partial charge in [-0.25, -0.2) is 0 Å². The monoisotopic (exact) mass is 323 g/mol. The predicted molar refractivity (Wildman–Crippen MR) is 77.3 cm³/mol. The Kier molecular flexibility index (Phi) is 6.29. The summed E-state index contributed by atoms with van der Waals surface area (Å²) in [5.74, 6) is -0.569. The Labute approximate surface area is 126 Å². The van der Waals surface area contributed by atoms with E-state index in [0.717, 1.165) is 4.90 Å². The molecule has 1 amide bonds. The molecule has 3 N–H and O–H groups in total. The van der Waals surface area contributed by atoms with Crippen molar-refractivity contribution in [3.63, 3.8) is 0 Å². The number of rotatable bonds is 6. The van der Waals surface area contributed by atoms with Crippen LogP contribution in [-0.2, 0) is 4.79 Å². The number of amides is 1. The van der Waals surface area contributed by atoms with Crippen LogP contribution in [0.3, 0.4) is 0 Å². The van der Waals surface area contributed by atoms with E-state index in [1.54, 1.807) is 13.0 Å². The van der Waals surface area contributed by atoms with Gasteiger partial charge in [0.2, 0.25) is 5.91 Å². The van der Waals surface area contributed by atoms with Gasteiger partial charge in [0.05, 0.1) is 23.8 Å². The van der Waals surface area contributed by atoms with Gasteiger partial charge >= 0.3 is 6.18 Å². The molecule has 0 aliphatic rings. The van der Waals surface area contributed by atoms with Crippen molar-refractivity contribution < 1.29 is 18.0 Å². The first kappa shape index (κ1) is 17.6. The maximum absolute atomic E-state index is 12.4. The minimum absolute atomic E-state index is 0.178. The van der Waals surface area contributed by atoms with Crippen molar-refractivity contribution in [1.29, 1.82) is 0 Å². The van der Waals surface area contributed by atoms with E-state index >= 15 is 0 Å². The molecule has 0 fully saturated rings. The van der Waals surface area contributed by atoms with E-state index in [0.29, 0.717) is 12.1 Å². The Morgan fingerprint density at radius 1 is 1.43 bits per heavy atom. The van der Waals surface area contributed by atoms with Gasteiger partial charge in [-0.15, -0.1) is 0 Å². The second-order valence-corrected chi connectivity index (χ2v) is 5.02. The average Bonchev–Trinajstić information content (AvgIpc) is 2.32. The van der Waals surface area contributed by atoms with Crippen LogP contribution in [0.15, 0.2) is 18.2 Å². The molecule has 0 spiro atoms. The molecule has 118 valence electrons. The third kappa shape index (κ3) is 6.68. The van der Waals surface area contributed by atoms with Crippen molar-refractivity contribution in [1.82, 2.24) is 4.90 Å². The lowest BCUT2D eigenvalue weighted by Crippen LogP contribution is -2.40. The highest BCUT2D eigenvalue weighted by molar-refractivity contribution is 6.33. The van der Waals surface area contributed by atoms with E-state index in [1.807, 2.05) is 0 Å². The SMILES string of the molecule is CCCN(CC(=O)Nc1cc(N)ccc1Cl)CC(F)(F)F. The van der Waals surface area contributed by atoms with E-state index in [4.69, 9.17) is 17.3 Å². The van der Waals surface area contributed by atoms with Crippen molar-refractivity contribution >= 4 is 28.9 Å². The minimum Gasteiger partial charge on any atom is -0.399 e. The number of nitrogens with zero attached hydrogens (tertiary/aromatic N) is 1. The average molecular weight is 324 g/mol. The van der Waals surface area contributed by atoms with E-state index in [9.17, 15) is 18.0 Å². The van der Waals surface area contributed by atoms with Crippen molar-refractivity contribution in [2.75, 3.05) is 30.7 Å². The molecule has 1 rings (SSSR count). The maximum Gasteiger partial charge on any atom is 0.401 e. The summed E-state index contributed by atoms with van der Waals surface area (Å²) < 4.78 is 37.2. The number of nitrogens with two attached hydrogens (primary N) is 1. The van der Waals surface area contributed by atoms with E-state index in [2.05, 4.69) is 5.32 Å². The van der Waals surface area contributed by atoms with Crippen LogP contribution in [0.25, 0.3) is 0 Å². The summed E-state index contributed by atoms with van der Waals surface area (Å²) in [7, 11) is 0. The fourth-order valence-electron chi connectivity index (χ4n) is 1.82. The Hall–Kier alpha value is -1.47. The van der Waals surface area contributed by atoms with Crippen molar-refractivity contribution in [2.45, 2.75) is 19.5 Å². The number of nitrogen functional groups attached to an aromatic ring is 1. The Balaban J connectivity index is 2.67. The van der Waals surface area contributed by atoms with Gasteiger partial charge in [-0.1, -0.05) is 18.5 Å². The third-order valence-corrected chi connectivity index (χ3v) is 2.90. The van der Waals surface area contributed by atoms with Gasteiger partial charge in [0.25, 0.3) is 0 Å². The molecular weight excluding hydrogens is 307 g/mol. The highest BCUT2D eigenvalue weighted by atomic mass is 35.5. The van der Waals surface area contributed by atoms with Gasteiger partial charge < -0.3 is 11.1 Å². The molecule has 0 aliphatic carbocycles. The Morgan fingerprint density at radius 3 is 2.67 bits per heavy atom. The summed E-state index contributed by atoms with van der Waals surface area (Å²) in [6.07, 6.45) is -3.83. The fourth-order valence-corrected chi connectivity index (χ4v) is 1.98. The topological polar surface area (TPSA) is 58.4 Å². The molecule has 21 heavy (non-hydrogen) atoms. The van der Waals surface area contributed by atoms with Crippen molar-refractivity contribution in [3.8, 4) is 0 Å². The molecule has 4 nitrogen and oxygen atoms in total. The number of carbonyl (C=O) groups excluding carboxylic acids is 1. The van der Waals surface area contributed by atoms with Gasteiger partial charge in [-0.05, 0) is 31.2 Å². The largest absolute Gasteiger partial charge is 0.401 e. The van der Waals surface area contributed by atoms with Crippen LogP contribution in [0.1, 0.15) is 13.3 Å². The van der Waals surface area contributed by atoms with Gasteiger partial charge in [-0.3, -0.25) is 9.69 Å². The maximum atomic E-state index is 12.4. The summed E-state index contributed by atoms with van der Waals surface area (Å²) in [6, 6.07) is 4.52. The van der Waals surface area contributed by atoms with E-state index in [1.165, 1.54) is 12.1 Å². The number of carbonyl (C=O) groups is 1. The predicted octanol–water partition coefficient (Wildman–Crippen LogP) is 3.14. The number of alkyl halides is 3. The van der Waals surface area contributed by atoms with E-state index in [-0.39, 0.29) is 23.8 Å². The van der Waals surface area contributed by atoms with Crippen LogP contribution in [0.5, 0.6) is 0 Å². The zero-order valence-corrected chi connectivity index (χ0v) is 12.3. The molecule has 1 aromatic carbocycles. The first-order valence-electron chi connectivity index (χ1n) is 6.35. The molecule has 0 saturated heterocycles. The second kappa shape index (κ2) is 7.51. The quantitative estimate of drug-likeness (QED) is 0.791. The molecule has 1 aromatic rings. The first-order valence-corrected chi connectivity index (χ1v) is 6.73. The lowest BCUT2D eigenvalue weighted by Gasteiger charge is -2.22. The van der Waals surface area contributed by atoms with Crippen LogP contribution < -0.4 is 11.1 Å². The summed E-state index contributed by atoms with van der Waals surface area (Å²) in [5.41, 5.74) is 6.25.